The van der Waals surface area contributed by atoms with Gasteiger partial charge in [0, 0.05) is 6.54 Å². The Balaban J connectivity index is 2.52. The zero-order valence-electron chi connectivity index (χ0n) is 10.8. The van der Waals surface area contributed by atoms with E-state index in [0.29, 0.717) is 23.8 Å². The normalized spacial score (nSPS) is 13.1. The van der Waals surface area contributed by atoms with Crippen molar-refractivity contribution in [1.82, 2.24) is 9.55 Å². The van der Waals surface area contributed by atoms with Crippen LogP contribution in [0.4, 0.5) is 8.78 Å². The van der Waals surface area contributed by atoms with Crippen LogP contribution in [0.3, 0.4) is 0 Å². The van der Waals surface area contributed by atoms with Gasteiger partial charge in [-0.25, -0.2) is 13.8 Å². The Labute approximate surface area is 120 Å². The number of nitrogens with zero attached hydrogens (tertiary/aromatic N) is 2. The summed E-state index contributed by atoms with van der Waals surface area (Å²) in [5.41, 5.74) is 0.662. The van der Waals surface area contributed by atoms with Crippen LogP contribution >= 0.6 is 23.4 Å². The Morgan fingerprint density at radius 2 is 2.16 bits per heavy atom. The molecule has 1 heterocycles. The lowest BCUT2D eigenvalue weighted by Crippen LogP contribution is -2.12. The van der Waals surface area contributed by atoms with Crippen molar-refractivity contribution in [3.8, 4) is 0 Å². The fourth-order valence-electron chi connectivity index (χ4n) is 2.15. The van der Waals surface area contributed by atoms with Crippen LogP contribution in [0.1, 0.15) is 12.7 Å². The number of halogens is 3. The molecule has 1 aromatic heterocycles. The first-order valence-electron chi connectivity index (χ1n) is 5.96. The summed E-state index contributed by atoms with van der Waals surface area (Å²) in [7, 11) is 0. The van der Waals surface area contributed by atoms with E-state index in [1.165, 1.54) is 6.07 Å². The maximum absolute atomic E-state index is 14.0. The van der Waals surface area contributed by atoms with Crippen molar-refractivity contribution in [2.24, 2.45) is 5.92 Å². The highest BCUT2D eigenvalue weighted by Gasteiger charge is 2.18. The molecule has 0 N–H and O–H groups in total. The van der Waals surface area contributed by atoms with E-state index in [1.54, 1.807) is 16.3 Å². The molecule has 2 rings (SSSR count). The molecule has 6 heteroatoms. The van der Waals surface area contributed by atoms with Crippen LogP contribution < -0.4 is 0 Å². The van der Waals surface area contributed by atoms with Gasteiger partial charge in [0.15, 0.2) is 11.6 Å². The van der Waals surface area contributed by atoms with E-state index in [1.807, 2.05) is 6.26 Å². The average Bonchev–Trinajstić information content (AvgIpc) is 2.73. The van der Waals surface area contributed by atoms with Crippen LogP contribution in [0.25, 0.3) is 11.0 Å². The lowest BCUT2D eigenvalue weighted by molar-refractivity contribution is 0.495. The second-order valence-corrected chi connectivity index (χ2v) is 5.74. The molecular weight excluding hydrogens is 290 g/mol. The fraction of sp³-hybridized carbons (Fsp3) is 0.462. The third kappa shape index (κ3) is 2.87. The Kier molecular flexibility index (Phi) is 4.68. The van der Waals surface area contributed by atoms with Gasteiger partial charge in [-0.2, -0.15) is 11.8 Å². The van der Waals surface area contributed by atoms with Crippen molar-refractivity contribution in [2.75, 3.05) is 12.0 Å². The van der Waals surface area contributed by atoms with Crippen molar-refractivity contribution in [1.29, 1.82) is 0 Å². The summed E-state index contributed by atoms with van der Waals surface area (Å²) < 4.78 is 29.0. The minimum atomic E-state index is -0.854. The molecular formula is C13H15ClF2N2S. The maximum Gasteiger partial charge on any atom is 0.184 e. The van der Waals surface area contributed by atoms with Crippen molar-refractivity contribution < 1.29 is 8.78 Å². The average molecular weight is 305 g/mol. The molecule has 0 bridgehead atoms. The van der Waals surface area contributed by atoms with E-state index >= 15 is 0 Å². The largest absolute Gasteiger partial charge is 0.324 e. The lowest BCUT2D eigenvalue weighted by Gasteiger charge is -2.14. The molecule has 0 saturated heterocycles. The van der Waals surface area contributed by atoms with Gasteiger partial charge < -0.3 is 4.57 Å². The van der Waals surface area contributed by atoms with Crippen LogP contribution in [0.2, 0.25) is 0 Å². The smallest absolute Gasteiger partial charge is 0.184 e. The van der Waals surface area contributed by atoms with Gasteiger partial charge in [0.05, 0.1) is 11.4 Å². The molecule has 1 atom stereocenters. The standard InChI is InChI=1S/C13H15ClF2N2S/c1-8(7-19-2)6-18-11(5-14)17-10-4-3-9(15)12(16)13(10)18/h3-4,8H,5-7H2,1-2H3. The number of imidazole rings is 1. The molecule has 1 aromatic carbocycles. The first kappa shape index (κ1) is 14.6. The number of hydrogen-bond acceptors (Lipinski definition) is 2. The number of hydrogen-bond donors (Lipinski definition) is 0. The molecule has 0 saturated carbocycles. The molecule has 0 fully saturated rings. The van der Waals surface area contributed by atoms with Gasteiger partial charge in [-0.15, -0.1) is 11.6 Å². The van der Waals surface area contributed by atoms with E-state index in [4.69, 9.17) is 11.6 Å². The van der Waals surface area contributed by atoms with Crippen molar-refractivity contribution >= 4 is 34.4 Å². The topological polar surface area (TPSA) is 17.8 Å². The second kappa shape index (κ2) is 6.09. The third-order valence-electron chi connectivity index (χ3n) is 2.94. The highest BCUT2D eigenvalue weighted by atomic mass is 35.5. The molecule has 1 unspecified atom stereocenters. The Morgan fingerprint density at radius 1 is 1.42 bits per heavy atom. The molecule has 2 nitrogen and oxygen atoms in total. The molecule has 2 aromatic rings. The predicted octanol–water partition coefficient (Wildman–Crippen LogP) is 4.05. The predicted molar refractivity (Wildman–Crippen MR) is 76.8 cm³/mol. The van der Waals surface area contributed by atoms with Gasteiger partial charge >= 0.3 is 0 Å². The minimum Gasteiger partial charge on any atom is -0.324 e. The molecule has 0 spiro atoms. The SMILES string of the molecule is CSCC(C)Cn1c(CCl)nc2ccc(F)c(F)c21. The zero-order valence-corrected chi connectivity index (χ0v) is 12.4. The summed E-state index contributed by atoms with van der Waals surface area (Å²) in [6, 6.07) is 2.58. The molecule has 0 aliphatic rings. The van der Waals surface area contributed by atoms with E-state index in [9.17, 15) is 8.78 Å². The van der Waals surface area contributed by atoms with E-state index < -0.39 is 11.6 Å². The van der Waals surface area contributed by atoms with Gasteiger partial charge in [-0.3, -0.25) is 0 Å². The molecule has 0 radical (unpaired) electrons. The van der Waals surface area contributed by atoms with Gasteiger partial charge in [0.1, 0.15) is 11.3 Å². The Morgan fingerprint density at radius 3 is 2.79 bits per heavy atom. The van der Waals surface area contributed by atoms with E-state index in [0.717, 1.165) is 11.8 Å². The Bertz CT molecular complexity index is 586. The highest BCUT2D eigenvalue weighted by molar-refractivity contribution is 7.98. The van der Waals surface area contributed by atoms with E-state index in [-0.39, 0.29) is 11.4 Å². The molecule has 19 heavy (non-hydrogen) atoms. The number of benzene rings is 1. The number of alkyl halides is 1. The highest BCUT2D eigenvalue weighted by Crippen LogP contribution is 2.24. The molecule has 0 amide bonds. The number of thioether (sulfide) groups is 1. The quantitative estimate of drug-likeness (QED) is 0.776. The third-order valence-corrected chi connectivity index (χ3v) is 4.09. The molecule has 0 aliphatic carbocycles. The van der Waals surface area contributed by atoms with Crippen LogP contribution in [-0.4, -0.2) is 21.6 Å². The van der Waals surface area contributed by atoms with Crippen LogP contribution in [-0.2, 0) is 12.4 Å². The minimum absolute atomic E-state index is 0.182. The van der Waals surface area contributed by atoms with Gasteiger partial charge in [0.2, 0.25) is 0 Å². The van der Waals surface area contributed by atoms with Crippen LogP contribution in [0, 0.1) is 17.6 Å². The monoisotopic (exact) mass is 304 g/mol. The van der Waals surface area contributed by atoms with Crippen molar-refractivity contribution in [2.45, 2.75) is 19.3 Å². The number of rotatable bonds is 5. The number of fused-ring (bicyclic) bond motifs is 1. The van der Waals surface area contributed by atoms with Crippen molar-refractivity contribution in [3.05, 3.63) is 29.6 Å². The molecule has 104 valence electrons. The Hall–Kier alpha value is -0.810. The van der Waals surface area contributed by atoms with Gasteiger partial charge in [0.25, 0.3) is 0 Å². The summed E-state index contributed by atoms with van der Waals surface area (Å²) in [5, 5.41) is 0. The first-order chi connectivity index (χ1) is 9.08. The zero-order chi connectivity index (χ0) is 14.0. The summed E-state index contributed by atoms with van der Waals surface area (Å²) in [6.45, 7) is 2.65. The summed E-state index contributed by atoms with van der Waals surface area (Å²) in [4.78, 5) is 4.26. The second-order valence-electron chi connectivity index (χ2n) is 4.56. The lowest BCUT2D eigenvalue weighted by atomic mass is 10.2. The van der Waals surface area contributed by atoms with Crippen LogP contribution in [0.5, 0.6) is 0 Å². The summed E-state index contributed by atoms with van der Waals surface area (Å²) in [5.74, 6) is 0.330. The van der Waals surface area contributed by atoms with Gasteiger partial charge in [-0.1, -0.05) is 6.92 Å². The summed E-state index contributed by atoms with van der Waals surface area (Å²) in [6.07, 6.45) is 2.02. The van der Waals surface area contributed by atoms with Crippen molar-refractivity contribution in [3.63, 3.8) is 0 Å². The van der Waals surface area contributed by atoms with Crippen LogP contribution in [0.15, 0.2) is 12.1 Å². The van der Waals surface area contributed by atoms with Gasteiger partial charge in [-0.05, 0) is 30.1 Å². The maximum atomic E-state index is 14.0. The summed E-state index contributed by atoms with van der Waals surface area (Å²) >= 11 is 7.57. The fourth-order valence-corrected chi connectivity index (χ4v) is 3.03. The molecule has 0 aliphatic heterocycles. The number of aromatic nitrogens is 2. The first-order valence-corrected chi connectivity index (χ1v) is 7.89. The van der Waals surface area contributed by atoms with E-state index in [2.05, 4.69) is 11.9 Å².